The number of fused-ring (bicyclic) bond motifs is 3. The molecule has 0 saturated carbocycles. The second-order valence-corrected chi connectivity index (χ2v) is 5.99. The van der Waals surface area contributed by atoms with Crippen LogP contribution in [0.5, 0.6) is 0 Å². The molecule has 5 nitrogen and oxygen atoms in total. The minimum absolute atomic E-state index is 0.177. The minimum atomic E-state index is -0.450. The number of carbonyl (C=O) groups is 1. The van der Waals surface area contributed by atoms with Crippen LogP contribution in [-0.4, -0.2) is 20.7 Å². The monoisotopic (exact) mass is 324 g/mol. The molecule has 24 heavy (non-hydrogen) atoms. The van der Waals surface area contributed by atoms with E-state index in [1.54, 1.807) is 29.1 Å². The smallest absolute Gasteiger partial charge is 0.257 e. The number of aromatic amines is 1. The number of para-hydroxylation sites is 1. The molecular weight excluding hydrogens is 307 g/mol. The van der Waals surface area contributed by atoms with Gasteiger partial charge in [0.25, 0.3) is 5.91 Å². The zero-order chi connectivity index (χ0) is 16.7. The van der Waals surface area contributed by atoms with Crippen molar-refractivity contribution in [2.45, 2.75) is 19.3 Å². The van der Waals surface area contributed by atoms with Crippen LogP contribution in [0.4, 0.5) is 10.1 Å². The van der Waals surface area contributed by atoms with Gasteiger partial charge in [-0.3, -0.25) is 9.48 Å². The Balaban J connectivity index is 1.77. The zero-order valence-electron chi connectivity index (χ0n) is 13.3. The average Bonchev–Trinajstić information content (AvgIpc) is 3.08. The molecule has 0 spiro atoms. The molecule has 6 heteroatoms. The van der Waals surface area contributed by atoms with Gasteiger partial charge in [-0.25, -0.2) is 4.39 Å². The minimum Gasteiger partial charge on any atom is -0.364 e. The van der Waals surface area contributed by atoms with Gasteiger partial charge < -0.3 is 10.3 Å². The van der Waals surface area contributed by atoms with E-state index < -0.39 is 5.82 Å². The summed E-state index contributed by atoms with van der Waals surface area (Å²) in [5, 5.41) is 6.99. The SMILES string of the molecule is Cn1ncc2c1-c1c(C(=O)Nc3ccccc3F)c[nH]c1CCC2. The molecule has 0 radical (unpaired) electrons. The van der Waals surface area contributed by atoms with Crippen molar-refractivity contribution in [2.75, 3.05) is 5.32 Å². The number of nitrogens with zero attached hydrogens (tertiary/aromatic N) is 2. The van der Waals surface area contributed by atoms with Crippen LogP contribution >= 0.6 is 0 Å². The summed E-state index contributed by atoms with van der Waals surface area (Å²) in [5.74, 6) is -0.777. The van der Waals surface area contributed by atoms with Gasteiger partial charge in [-0.2, -0.15) is 5.10 Å². The fraction of sp³-hybridized carbons (Fsp3) is 0.222. The molecule has 4 rings (SSSR count). The Morgan fingerprint density at radius 3 is 3.00 bits per heavy atom. The standard InChI is InChI=1S/C18H17FN4O/c1-23-17-11(9-21-23)5-4-8-15-16(17)12(10-20-15)18(24)22-14-7-3-2-6-13(14)19/h2-3,6-7,9-10,20H,4-5,8H2,1H3,(H,22,24). The lowest BCUT2D eigenvalue weighted by Crippen LogP contribution is -2.14. The summed E-state index contributed by atoms with van der Waals surface area (Å²) in [5.41, 5.74) is 4.68. The van der Waals surface area contributed by atoms with Gasteiger partial charge in [-0.1, -0.05) is 12.1 Å². The Hall–Kier alpha value is -2.89. The number of benzene rings is 1. The largest absolute Gasteiger partial charge is 0.364 e. The third-order valence-corrected chi connectivity index (χ3v) is 4.45. The third kappa shape index (κ3) is 2.31. The number of aromatic nitrogens is 3. The number of rotatable bonds is 2. The van der Waals surface area contributed by atoms with Crippen molar-refractivity contribution in [2.24, 2.45) is 7.05 Å². The van der Waals surface area contributed by atoms with Crippen molar-refractivity contribution in [1.29, 1.82) is 0 Å². The van der Waals surface area contributed by atoms with E-state index in [4.69, 9.17) is 0 Å². The predicted molar refractivity (Wildman–Crippen MR) is 89.4 cm³/mol. The highest BCUT2D eigenvalue weighted by molar-refractivity contribution is 6.09. The number of aryl methyl sites for hydroxylation is 3. The van der Waals surface area contributed by atoms with Crippen molar-refractivity contribution in [1.82, 2.24) is 14.8 Å². The maximum atomic E-state index is 13.8. The summed E-state index contributed by atoms with van der Waals surface area (Å²) >= 11 is 0. The van der Waals surface area contributed by atoms with E-state index in [1.165, 1.54) is 6.07 Å². The van der Waals surface area contributed by atoms with E-state index >= 15 is 0 Å². The molecule has 0 unspecified atom stereocenters. The second-order valence-electron chi connectivity index (χ2n) is 5.99. The number of H-pyrrole nitrogens is 1. The molecule has 3 aromatic rings. The van der Waals surface area contributed by atoms with E-state index in [0.29, 0.717) is 5.56 Å². The highest BCUT2D eigenvalue weighted by Gasteiger charge is 2.26. The first-order valence-corrected chi connectivity index (χ1v) is 7.92. The Morgan fingerprint density at radius 1 is 1.33 bits per heavy atom. The van der Waals surface area contributed by atoms with Crippen LogP contribution in [-0.2, 0) is 19.9 Å². The summed E-state index contributed by atoms with van der Waals surface area (Å²) in [4.78, 5) is 15.9. The van der Waals surface area contributed by atoms with Crippen LogP contribution in [0.25, 0.3) is 11.3 Å². The molecule has 0 aliphatic heterocycles. The number of amides is 1. The highest BCUT2D eigenvalue weighted by atomic mass is 19.1. The normalized spacial score (nSPS) is 13.1. The van der Waals surface area contributed by atoms with Gasteiger partial charge in [0.15, 0.2) is 0 Å². The quantitative estimate of drug-likeness (QED) is 0.760. The van der Waals surface area contributed by atoms with Crippen molar-refractivity contribution in [3.05, 3.63) is 59.3 Å². The molecule has 1 aliphatic carbocycles. The van der Waals surface area contributed by atoms with Gasteiger partial charge in [0, 0.05) is 24.5 Å². The Kier molecular flexibility index (Phi) is 3.45. The molecule has 1 aliphatic rings. The van der Waals surface area contributed by atoms with Gasteiger partial charge >= 0.3 is 0 Å². The van der Waals surface area contributed by atoms with E-state index in [1.807, 2.05) is 13.2 Å². The molecule has 1 aromatic carbocycles. The average molecular weight is 324 g/mol. The van der Waals surface area contributed by atoms with Gasteiger partial charge in [0.2, 0.25) is 0 Å². The number of halogens is 1. The van der Waals surface area contributed by atoms with Gasteiger partial charge in [-0.05, 0) is 37.0 Å². The first-order chi connectivity index (χ1) is 11.6. The van der Waals surface area contributed by atoms with E-state index in [0.717, 1.165) is 41.8 Å². The molecule has 0 atom stereocenters. The molecular formula is C18H17FN4O. The molecule has 1 amide bonds. The molecule has 2 heterocycles. The van der Waals surface area contributed by atoms with E-state index in [-0.39, 0.29) is 11.6 Å². The maximum absolute atomic E-state index is 13.8. The summed E-state index contributed by atoms with van der Waals surface area (Å²) in [6.45, 7) is 0. The predicted octanol–water partition coefficient (Wildman–Crippen LogP) is 3.30. The topological polar surface area (TPSA) is 62.7 Å². The lowest BCUT2D eigenvalue weighted by molar-refractivity contribution is 0.102. The van der Waals surface area contributed by atoms with E-state index in [2.05, 4.69) is 15.4 Å². The Morgan fingerprint density at radius 2 is 2.17 bits per heavy atom. The number of anilines is 1. The number of hydrogen-bond donors (Lipinski definition) is 2. The van der Waals surface area contributed by atoms with Crippen LogP contribution in [0, 0.1) is 5.82 Å². The lowest BCUT2D eigenvalue weighted by Gasteiger charge is -2.09. The first-order valence-electron chi connectivity index (χ1n) is 7.92. The van der Waals surface area contributed by atoms with Crippen molar-refractivity contribution in [3.8, 4) is 11.3 Å². The van der Waals surface area contributed by atoms with E-state index in [9.17, 15) is 9.18 Å². The van der Waals surface area contributed by atoms with Gasteiger partial charge in [0.1, 0.15) is 5.82 Å². The van der Waals surface area contributed by atoms with Crippen LogP contribution in [0.15, 0.2) is 36.7 Å². The molecule has 2 aromatic heterocycles. The Labute approximate surface area is 138 Å². The summed E-state index contributed by atoms with van der Waals surface area (Å²) in [6.07, 6.45) is 6.36. The molecule has 0 saturated heterocycles. The number of hydrogen-bond acceptors (Lipinski definition) is 2. The molecule has 2 N–H and O–H groups in total. The summed E-state index contributed by atoms with van der Waals surface area (Å²) in [6, 6.07) is 6.16. The fourth-order valence-electron chi connectivity index (χ4n) is 3.31. The number of nitrogens with one attached hydrogen (secondary N) is 2. The fourth-order valence-corrected chi connectivity index (χ4v) is 3.31. The summed E-state index contributed by atoms with van der Waals surface area (Å²) < 4.78 is 15.6. The third-order valence-electron chi connectivity index (χ3n) is 4.45. The lowest BCUT2D eigenvalue weighted by atomic mass is 10.0. The second kappa shape index (κ2) is 5.63. The summed E-state index contributed by atoms with van der Waals surface area (Å²) in [7, 11) is 1.87. The van der Waals surface area contributed by atoms with Crippen LogP contribution in [0.2, 0.25) is 0 Å². The first kappa shape index (κ1) is 14.7. The number of carbonyl (C=O) groups excluding carboxylic acids is 1. The van der Waals surface area contributed by atoms with Crippen molar-refractivity contribution in [3.63, 3.8) is 0 Å². The maximum Gasteiger partial charge on any atom is 0.257 e. The highest BCUT2D eigenvalue weighted by Crippen LogP contribution is 2.35. The van der Waals surface area contributed by atoms with Gasteiger partial charge in [-0.15, -0.1) is 0 Å². The molecule has 122 valence electrons. The molecule has 0 bridgehead atoms. The Bertz CT molecular complexity index is 925. The van der Waals surface area contributed by atoms with Crippen LogP contribution in [0.3, 0.4) is 0 Å². The van der Waals surface area contributed by atoms with Crippen molar-refractivity contribution >= 4 is 11.6 Å². The van der Waals surface area contributed by atoms with Crippen LogP contribution in [0.1, 0.15) is 28.0 Å². The van der Waals surface area contributed by atoms with Crippen molar-refractivity contribution < 1.29 is 9.18 Å². The molecule has 0 fully saturated rings. The van der Waals surface area contributed by atoms with Gasteiger partial charge in [0.05, 0.1) is 23.1 Å². The van der Waals surface area contributed by atoms with Crippen LogP contribution < -0.4 is 5.32 Å². The zero-order valence-corrected chi connectivity index (χ0v) is 13.3.